The Balaban J connectivity index is 1.59. The highest BCUT2D eigenvalue weighted by atomic mass is 35.5. The molecule has 8 heteroatoms. The minimum atomic E-state index is -0.788. The molecule has 150 valence electrons. The van der Waals surface area contributed by atoms with Crippen molar-refractivity contribution in [1.29, 1.82) is 0 Å². The first-order valence-corrected chi connectivity index (χ1v) is 9.98. The summed E-state index contributed by atoms with van der Waals surface area (Å²) in [6.07, 6.45) is 0.0436. The lowest BCUT2D eigenvalue weighted by Gasteiger charge is -2.32. The Kier molecular flexibility index (Phi) is 7.43. The van der Waals surface area contributed by atoms with Gasteiger partial charge in [0.1, 0.15) is 12.4 Å². The van der Waals surface area contributed by atoms with Gasteiger partial charge in [0.05, 0.1) is 29.2 Å². The largest absolute Gasteiger partial charge is 0.489 e. The molecule has 1 fully saturated rings. The maximum Gasteiger partial charge on any atom is 0.304 e. The van der Waals surface area contributed by atoms with Crippen molar-refractivity contribution in [3.63, 3.8) is 0 Å². The Bertz CT molecular complexity index is 829. The number of morpholine rings is 1. The number of aliphatic carboxylic acids is 1. The maximum atomic E-state index is 10.8. The second-order valence-electron chi connectivity index (χ2n) is 6.48. The smallest absolute Gasteiger partial charge is 0.304 e. The molecule has 0 spiro atoms. The molecule has 3 rings (SSSR count). The summed E-state index contributed by atoms with van der Waals surface area (Å²) in [4.78, 5) is 12.9. The molecule has 1 atom stereocenters. The third-order valence-electron chi connectivity index (χ3n) is 4.57. The molecule has 0 aromatic heterocycles. The van der Waals surface area contributed by atoms with E-state index in [4.69, 9.17) is 49.4 Å². The predicted octanol–water partition coefficient (Wildman–Crippen LogP) is 5.07. The van der Waals surface area contributed by atoms with Gasteiger partial charge in [-0.05, 0) is 29.8 Å². The Morgan fingerprint density at radius 3 is 2.57 bits per heavy atom. The molecular weight excluding hydrogens is 425 g/mol. The molecular formula is C20H20Cl3NO4. The molecule has 0 saturated carbocycles. The molecule has 0 amide bonds. The summed E-state index contributed by atoms with van der Waals surface area (Å²) >= 11 is 18.4. The number of benzene rings is 2. The minimum Gasteiger partial charge on any atom is -0.489 e. The Morgan fingerprint density at radius 2 is 1.86 bits per heavy atom. The maximum absolute atomic E-state index is 10.8. The van der Waals surface area contributed by atoms with E-state index in [1.807, 2.05) is 24.3 Å². The predicted molar refractivity (Wildman–Crippen MR) is 110 cm³/mol. The minimum absolute atomic E-state index is 0.0894. The highest BCUT2D eigenvalue weighted by Gasteiger charge is 2.22. The third-order valence-corrected chi connectivity index (χ3v) is 5.76. The van der Waals surface area contributed by atoms with Crippen molar-refractivity contribution >= 4 is 40.8 Å². The van der Waals surface area contributed by atoms with Gasteiger partial charge in [0.25, 0.3) is 0 Å². The molecule has 1 saturated heterocycles. The lowest BCUT2D eigenvalue weighted by atomic mass is 10.1. The monoisotopic (exact) mass is 443 g/mol. The first-order valence-electron chi connectivity index (χ1n) is 8.85. The van der Waals surface area contributed by atoms with E-state index in [1.165, 1.54) is 0 Å². The van der Waals surface area contributed by atoms with Crippen LogP contribution in [0.15, 0.2) is 36.4 Å². The summed E-state index contributed by atoms with van der Waals surface area (Å²) in [7, 11) is 0. The summed E-state index contributed by atoms with van der Waals surface area (Å²) in [5.41, 5.74) is 1.66. The van der Waals surface area contributed by atoms with Crippen LogP contribution >= 0.6 is 34.8 Å². The van der Waals surface area contributed by atoms with Crippen molar-refractivity contribution in [2.24, 2.45) is 0 Å². The fourth-order valence-corrected chi connectivity index (χ4v) is 3.65. The van der Waals surface area contributed by atoms with Crippen molar-refractivity contribution < 1.29 is 19.4 Å². The average molecular weight is 445 g/mol. The van der Waals surface area contributed by atoms with Gasteiger partial charge in [-0.3, -0.25) is 9.69 Å². The Hall–Kier alpha value is -1.50. The van der Waals surface area contributed by atoms with Gasteiger partial charge < -0.3 is 14.6 Å². The van der Waals surface area contributed by atoms with Gasteiger partial charge in [-0.2, -0.15) is 0 Å². The van der Waals surface area contributed by atoms with Crippen LogP contribution in [0.25, 0.3) is 0 Å². The number of ether oxygens (including phenoxy) is 2. The van der Waals surface area contributed by atoms with E-state index in [0.29, 0.717) is 46.1 Å². The summed E-state index contributed by atoms with van der Waals surface area (Å²) in [6.45, 7) is 2.72. The zero-order chi connectivity index (χ0) is 20.1. The molecule has 1 aliphatic rings. The summed E-state index contributed by atoms with van der Waals surface area (Å²) in [5.74, 6) is -0.112. The normalized spacial score (nSPS) is 17.5. The number of halogens is 3. The zero-order valence-electron chi connectivity index (χ0n) is 15.0. The summed E-state index contributed by atoms with van der Waals surface area (Å²) in [5, 5.41) is 10.2. The van der Waals surface area contributed by atoms with Crippen LogP contribution in [0.4, 0.5) is 0 Å². The van der Waals surface area contributed by atoms with E-state index in [-0.39, 0.29) is 19.1 Å². The van der Waals surface area contributed by atoms with Gasteiger partial charge in [0.15, 0.2) is 0 Å². The van der Waals surface area contributed by atoms with Gasteiger partial charge in [-0.1, -0.05) is 46.9 Å². The third kappa shape index (κ3) is 5.52. The van der Waals surface area contributed by atoms with Crippen LogP contribution in [0.1, 0.15) is 23.7 Å². The second kappa shape index (κ2) is 9.81. The number of hydrogen-bond acceptors (Lipinski definition) is 4. The average Bonchev–Trinajstić information content (AvgIpc) is 2.70. The van der Waals surface area contributed by atoms with Gasteiger partial charge in [0, 0.05) is 30.2 Å². The fraction of sp³-hybridized carbons (Fsp3) is 0.350. The standard InChI is InChI=1S/C20H20Cl3NO4/c21-16-5-6-17(22)20(23)15(16)12-28-14-3-1-13(2-4-14)18-11-24(9-10-27-18)8-7-19(25)26/h1-6,18H,7-12H2,(H,25,26). The van der Waals surface area contributed by atoms with E-state index in [0.717, 1.165) is 12.1 Å². The lowest BCUT2D eigenvalue weighted by molar-refractivity contribution is -0.137. The molecule has 5 nitrogen and oxygen atoms in total. The van der Waals surface area contributed by atoms with Gasteiger partial charge >= 0.3 is 5.97 Å². The van der Waals surface area contributed by atoms with E-state index in [9.17, 15) is 4.79 Å². The van der Waals surface area contributed by atoms with Crippen molar-refractivity contribution in [1.82, 2.24) is 4.90 Å². The Labute approximate surface area is 178 Å². The second-order valence-corrected chi connectivity index (χ2v) is 7.68. The molecule has 0 aliphatic carbocycles. The first-order chi connectivity index (χ1) is 13.4. The van der Waals surface area contributed by atoms with Crippen LogP contribution in [0, 0.1) is 0 Å². The summed E-state index contributed by atoms with van der Waals surface area (Å²) < 4.78 is 11.6. The molecule has 2 aromatic rings. The number of carboxylic acid groups (broad SMARTS) is 1. The Morgan fingerprint density at radius 1 is 1.14 bits per heavy atom. The quantitative estimate of drug-likeness (QED) is 0.604. The molecule has 0 radical (unpaired) electrons. The van der Waals surface area contributed by atoms with Crippen LogP contribution in [-0.4, -0.2) is 42.2 Å². The topological polar surface area (TPSA) is 59.0 Å². The fourth-order valence-electron chi connectivity index (χ4n) is 3.00. The number of carbonyl (C=O) groups is 1. The molecule has 0 bridgehead atoms. The highest BCUT2D eigenvalue weighted by molar-refractivity contribution is 6.44. The van der Waals surface area contributed by atoms with Crippen molar-refractivity contribution in [3.05, 3.63) is 62.6 Å². The van der Waals surface area contributed by atoms with E-state index in [2.05, 4.69) is 4.90 Å². The first kappa shape index (κ1) is 21.2. The molecule has 28 heavy (non-hydrogen) atoms. The number of nitrogens with zero attached hydrogens (tertiary/aromatic N) is 1. The van der Waals surface area contributed by atoms with Crippen LogP contribution < -0.4 is 4.74 Å². The van der Waals surface area contributed by atoms with Crippen molar-refractivity contribution in [3.8, 4) is 5.75 Å². The molecule has 1 unspecified atom stereocenters. The summed E-state index contributed by atoms with van der Waals surface area (Å²) in [6, 6.07) is 11.0. The van der Waals surface area contributed by atoms with Gasteiger partial charge in [0.2, 0.25) is 0 Å². The van der Waals surface area contributed by atoms with E-state index >= 15 is 0 Å². The van der Waals surface area contributed by atoms with Gasteiger partial charge in [-0.15, -0.1) is 0 Å². The molecule has 2 aromatic carbocycles. The van der Waals surface area contributed by atoms with Crippen LogP contribution in [0.3, 0.4) is 0 Å². The van der Waals surface area contributed by atoms with Crippen LogP contribution in [0.5, 0.6) is 5.75 Å². The molecule has 1 N–H and O–H groups in total. The SMILES string of the molecule is O=C(O)CCN1CCOC(c2ccc(OCc3c(Cl)ccc(Cl)c3Cl)cc2)C1. The number of rotatable bonds is 7. The zero-order valence-corrected chi connectivity index (χ0v) is 17.3. The number of carboxylic acids is 1. The van der Waals surface area contributed by atoms with Crippen LogP contribution in [-0.2, 0) is 16.1 Å². The van der Waals surface area contributed by atoms with Gasteiger partial charge in [-0.25, -0.2) is 0 Å². The van der Waals surface area contributed by atoms with Crippen molar-refractivity contribution in [2.75, 3.05) is 26.2 Å². The van der Waals surface area contributed by atoms with Crippen LogP contribution in [0.2, 0.25) is 15.1 Å². The lowest BCUT2D eigenvalue weighted by Crippen LogP contribution is -2.39. The van der Waals surface area contributed by atoms with Crippen molar-refractivity contribution in [2.45, 2.75) is 19.1 Å². The molecule has 1 aliphatic heterocycles. The van der Waals surface area contributed by atoms with E-state index < -0.39 is 5.97 Å². The highest BCUT2D eigenvalue weighted by Crippen LogP contribution is 2.32. The molecule has 1 heterocycles. The van der Waals surface area contributed by atoms with E-state index in [1.54, 1.807) is 12.1 Å². The number of hydrogen-bond donors (Lipinski definition) is 1.